The van der Waals surface area contributed by atoms with Gasteiger partial charge in [0.2, 0.25) is 10.0 Å². The zero-order valence-corrected chi connectivity index (χ0v) is 13.0. The molecule has 1 aliphatic rings. The maximum atomic E-state index is 12.9. The molecule has 20 heavy (non-hydrogen) atoms. The van der Waals surface area contributed by atoms with Crippen LogP contribution < -0.4 is 5.73 Å². The quantitative estimate of drug-likeness (QED) is 0.905. The van der Waals surface area contributed by atoms with E-state index < -0.39 is 10.0 Å². The summed E-state index contributed by atoms with van der Waals surface area (Å²) in [7, 11) is -3.51. The highest BCUT2D eigenvalue weighted by Crippen LogP contribution is 2.25. The van der Waals surface area contributed by atoms with Gasteiger partial charge in [-0.25, -0.2) is 8.42 Å². The van der Waals surface area contributed by atoms with Gasteiger partial charge in [0.05, 0.1) is 17.6 Å². The van der Waals surface area contributed by atoms with Crippen LogP contribution >= 0.6 is 0 Å². The van der Waals surface area contributed by atoms with Crippen molar-refractivity contribution in [2.75, 3.05) is 19.7 Å². The number of morpholine rings is 1. The Morgan fingerprint density at radius 1 is 1.40 bits per heavy atom. The molecule has 0 bridgehead atoms. The van der Waals surface area contributed by atoms with Crippen LogP contribution in [0.15, 0.2) is 23.1 Å². The first-order valence-electron chi connectivity index (χ1n) is 6.77. The van der Waals surface area contributed by atoms with Crippen LogP contribution in [0.5, 0.6) is 0 Å². The second-order valence-electron chi connectivity index (χ2n) is 5.38. The molecule has 0 amide bonds. The number of nitrogens with two attached hydrogens (primary N) is 1. The van der Waals surface area contributed by atoms with Gasteiger partial charge in [0.25, 0.3) is 0 Å². The van der Waals surface area contributed by atoms with Crippen molar-refractivity contribution < 1.29 is 13.2 Å². The summed E-state index contributed by atoms with van der Waals surface area (Å²) in [6, 6.07) is 5.31. The summed E-state index contributed by atoms with van der Waals surface area (Å²) in [5, 5.41) is 0. The monoisotopic (exact) mass is 298 g/mol. The minimum atomic E-state index is -3.51. The summed E-state index contributed by atoms with van der Waals surface area (Å²) in [4.78, 5) is 0.377. The SMILES string of the molecule is Cc1ccc(C)c(S(=O)(=O)N2CC(CN)OCC2C)c1. The smallest absolute Gasteiger partial charge is 0.243 e. The highest BCUT2D eigenvalue weighted by molar-refractivity contribution is 7.89. The van der Waals surface area contributed by atoms with Gasteiger partial charge >= 0.3 is 0 Å². The summed E-state index contributed by atoms with van der Waals surface area (Å²) < 4.78 is 32.8. The first-order chi connectivity index (χ1) is 9.36. The van der Waals surface area contributed by atoms with E-state index in [0.29, 0.717) is 24.6 Å². The number of hydrogen-bond acceptors (Lipinski definition) is 4. The summed E-state index contributed by atoms with van der Waals surface area (Å²) in [6.07, 6.45) is -0.230. The second-order valence-corrected chi connectivity index (χ2v) is 7.24. The van der Waals surface area contributed by atoms with Crippen LogP contribution in [0.1, 0.15) is 18.1 Å². The lowest BCUT2D eigenvalue weighted by Gasteiger charge is -2.36. The number of sulfonamides is 1. The molecular weight excluding hydrogens is 276 g/mol. The van der Waals surface area contributed by atoms with Crippen molar-refractivity contribution in [2.24, 2.45) is 5.73 Å². The third kappa shape index (κ3) is 2.88. The van der Waals surface area contributed by atoms with Crippen molar-refractivity contribution in [1.82, 2.24) is 4.31 Å². The van der Waals surface area contributed by atoms with Crippen LogP contribution in [0.25, 0.3) is 0 Å². The van der Waals surface area contributed by atoms with E-state index in [9.17, 15) is 8.42 Å². The molecule has 1 aromatic rings. The predicted octanol–water partition coefficient (Wildman–Crippen LogP) is 1.04. The normalized spacial score (nSPS) is 24.8. The molecule has 1 saturated heterocycles. The number of benzene rings is 1. The zero-order valence-electron chi connectivity index (χ0n) is 12.2. The van der Waals surface area contributed by atoms with E-state index in [2.05, 4.69) is 0 Å². The van der Waals surface area contributed by atoms with E-state index in [4.69, 9.17) is 10.5 Å². The van der Waals surface area contributed by atoms with Crippen LogP contribution in [0.2, 0.25) is 0 Å². The Hall–Kier alpha value is -0.950. The summed E-state index contributed by atoms with van der Waals surface area (Å²) >= 11 is 0. The van der Waals surface area contributed by atoms with Crippen LogP contribution in [0.3, 0.4) is 0 Å². The number of hydrogen-bond donors (Lipinski definition) is 1. The Morgan fingerprint density at radius 2 is 2.10 bits per heavy atom. The first kappa shape index (κ1) is 15.4. The molecule has 2 N–H and O–H groups in total. The lowest BCUT2D eigenvalue weighted by Crippen LogP contribution is -2.52. The Balaban J connectivity index is 2.40. The zero-order chi connectivity index (χ0) is 14.9. The maximum absolute atomic E-state index is 12.9. The predicted molar refractivity (Wildman–Crippen MR) is 78.1 cm³/mol. The van der Waals surface area contributed by atoms with E-state index in [1.807, 2.05) is 32.9 Å². The lowest BCUT2D eigenvalue weighted by molar-refractivity contribution is -0.0219. The highest BCUT2D eigenvalue weighted by Gasteiger charge is 2.35. The number of ether oxygens (including phenoxy) is 1. The third-order valence-electron chi connectivity index (χ3n) is 3.64. The maximum Gasteiger partial charge on any atom is 0.243 e. The molecule has 1 fully saturated rings. The van der Waals surface area contributed by atoms with Crippen molar-refractivity contribution in [3.8, 4) is 0 Å². The standard InChI is InChI=1S/C14H22N2O3S/c1-10-4-5-11(2)14(6-10)20(17,18)16-8-13(7-15)19-9-12(16)3/h4-6,12-13H,7-9,15H2,1-3H3. The Labute approximate surface area is 120 Å². The van der Waals surface area contributed by atoms with E-state index in [0.717, 1.165) is 11.1 Å². The molecule has 2 rings (SSSR count). The second kappa shape index (κ2) is 5.81. The molecule has 5 nitrogen and oxygen atoms in total. The third-order valence-corrected chi connectivity index (χ3v) is 5.76. The van der Waals surface area contributed by atoms with Crippen molar-refractivity contribution in [2.45, 2.75) is 37.8 Å². The van der Waals surface area contributed by atoms with E-state index in [1.165, 1.54) is 4.31 Å². The molecule has 2 atom stereocenters. The van der Waals surface area contributed by atoms with Gasteiger partial charge in [-0.3, -0.25) is 0 Å². The van der Waals surface area contributed by atoms with E-state index in [-0.39, 0.29) is 12.1 Å². The average Bonchev–Trinajstić information content (AvgIpc) is 2.41. The molecular formula is C14H22N2O3S. The van der Waals surface area contributed by atoms with Gasteiger partial charge in [-0.2, -0.15) is 4.31 Å². The highest BCUT2D eigenvalue weighted by atomic mass is 32.2. The fraction of sp³-hybridized carbons (Fsp3) is 0.571. The molecule has 0 saturated carbocycles. The van der Waals surface area contributed by atoms with Gasteiger partial charge in [-0.05, 0) is 38.0 Å². The van der Waals surface area contributed by atoms with Crippen LogP contribution in [-0.4, -0.2) is 44.6 Å². The van der Waals surface area contributed by atoms with Crippen molar-refractivity contribution in [1.29, 1.82) is 0 Å². The van der Waals surface area contributed by atoms with Crippen LogP contribution in [0, 0.1) is 13.8 Å². The molecule has 0 aromatic heterocycles. The first-order valence-corrected chi connectivity index (χ1v) is 8.21. The molecule has 2 unspecified atom stereocenters. The minimum absolute atomic E-state index is 0.178. The Kier molecular flexibility index (Phi) is 4.49. The molecule has 1 aliphatic heterocycles. The van der Waals surface area contributed by atoms with Gasteiger partial charge in [-0.1, -0.05) is 12.1 Å². The Morgan fingerprint density at radius 3 is 2.75 bits per heavy atom. The van der Waals surface area contributed by atoms with Crippen molar-refractivity contribution >= 4 is 10.0 Å². The van der Waals surface area contributed by atoms with Crippen molar-refractivity contribution in [3.63, 3.8) is 0 Å². The summed E-state index contributed by atoms with van der Waals surface area (Å²) in [6.45, 7) is 6.59. The topological polar surface area (TPSA) is 72.6 Å². The summed E-state index contributed by atoms with van der Waals surface area (Å²) in [5.74, 6) is 0. The van der Waals surface area contributed by atoms with Crippen molar-refractivity contribution in [3.05, 3.63) is 29.3 Å². The molecule has 1 heterocycles. The molecule has 6 heteroatoms. The lowest BCUT2D eigenvalue weighted by atomic mass is 10.2. The summed E-state index contributed by atoms with van der Waals surface area (Å²) in [5.41, 5.74) is 7.30. The molecule has 112 valence electrons. The fourth-order valence-electron chi connectivity index (χ4n) is 2.38. The van der Waals surface area contributed by atoms with Crippen LogP contribution in [-0.2, 0) is 14.8 Å². The molecule has 0 spiro atoms. The molecule has 0 aliphatic carbocycles. The number of aryl methyl sites for hydroxylation is 2. The van der Waals surface area contributed by atoms with Gasteiger partial charge in [-0.15, -0.1) is 0 Å². The minimum Gasteiger partial charge on any atom is -0.374 e. The van der Waals surface area contributed by atoms with Gasteiger partial charge < -0.3 is 10.5 Å². The Bertz CT molecular complexity index is 586. The largest absolute Gasteiger partial charge is 0.374 e. The number of nitrogens with zero attached hydrogens (tertiary/aromatic N) is 1. The average molecular weight is 298 g/mol. The van der Waals surface area contributed by atoms with Gasteiger partial charge in [0.15, 0.2) is 0 Å². The number of rotatable bonds is 3. The van der Waals surface area contributed by atoms with Gasteiger partial charge in [0.1, 0.15) is 0 Å². The van der Waals surface area contributed by atoms with E-state index in [1.54, 1.807) is 6.07 Å². The fourth-order valence-corrected chi connectivity index (χ4v) is 4.34. The van der Waals surface area contributed by atoms with E-state index >= 15 is 0 Å². The molecule has 1 aromatic carbocycles. The van der Waals surface area contributed by atoms with Gasteiger partial charge in [0, 0.05) is 19.1 Å². The van der Waals surface area contributed by atoms with Crippen LogP contribution in [0.4, 0.5) is 0 Å². The molecule has 0 radical (unpaired) electrons.